The Labute approximate surface area is 108 Å². The summed E-state index contributed by atoms with van der Waals surface area (Å²) < 4.78 is 6.57. The molecule has 0 amide bonds. The molecule has 1 heterocycles. The van der Waals surface area contributed by atoms with Crippen molar-refractivity contribution in [2.45, 2.75) is 6.42 Å². The smallest absolute Gasteiger partial charge is 0.164 e. The van der Waals surface area contributed by atoms with E-state index in [0.717, 1.165) is 16.0 Å². The van der Waals surface area contributed by atoms with Crippen molar-refractivity contribution in [2.75, 3.05) is 6.54 Å². The van der Waals surface area contributed by atoms with Gasteiger partial charge >= 0.3 is 0 Å². The molecule has 0 radical (unpaired) electrons. The monoisotopic (exact) mass is 293 g/mol. The zero-order valence-electron chi connectivity index (χ0n) is 9.14. The highest BCUT2D eigenvalue weighted by atomic mass is 79.9. The van der Waals surface area contributed by atoms with Crippen LogP contribution in [0.2, 0.25) is 0 Å². The summed E-state index contributed by atoms with van der Waals surface area (Å²) in [5.41, 5.74) is 5.42. The summed E-state index contributed by atoms with van der Waals surface area (Å²) in [6.07, 6.45) is 3.98. The van der Waals surface area contributed by atoms with Gasteiger partial charge in [0.15, 0.2) is 5.75 Å². The van der Waals surface area contributed by atoms with Gasteiger partial charge in [-0.2, -0.15) is 0 Å². The van der Waals surface area contributed by atoms with Crippen LogP contribution in [0.4, 0.5) is 0 Å². The van der Waals surface area contributed by atoms with E-state index in [0.29, 0.717) is 18.7 Å². The number of ether oxygens (including phenoxy) is 1. The fourth-order valence-corrected chi connectivity index (χ4v) is 1.70. The van der Waals surface area contributed by atoms with Gasteiger partial charge in [0.25, 0.3) is 0 Å². The van der Waals surface area contributed by atoms with E-state index in [4.69, 9.17) is 10.5 Å². The summed E-state index contributed by atoms with van der Waals surface area (Å²) in [5.74, 6) is 2.09. The molecule has 2 N–H and O–H groups in total. The molecule has 2 rings (SSSR count). The fourth-order valence-electron chi connectivity index (χ4n) is 1.32. The maximum Gasteiger partial charge on any atom is 0.164 e. The maximum absolute atomic E-state index is 5.61. The van der Waals surface area contributed by atoms with Crippen LogP contribution in [-0.4, -0.2) is 16.5 Å². The third kappa shape index (κ3) is 3.51. The van der Waals surface area contributed by atoms with Crippen molar-refractivity contribution in [3.63, 3.8) is 0 Å². The van der Waals surface area contributed by atoms with Crippen molar-refractivity contribution >= 4 is 15.9 Å². The molecule has 1 aromatic heterocycles. The van der Waals surface area contributed by atoms with Gasteiger partial charge in [-0.15, -0.1) is 0 Å². The molecule has 2 aromatic rings. The number of hydrogen-bond donors (Lipinski definition) is 1. The predicted octanol–water partition coefficient (Wildman–Crippen LogP) is 2.53. The average molecular weight is 294 g/mol. The molecule has 0 unspecified atom stereocenters. The Balaban J connectivity index is 2.08. The Hall–Kier alpha value is -1.46. The van der Waals surface area contributed by atoms with Crippen LogP contribution in [0.3, 0.4) is 0 Å². The predicted molar refractivity (Wildman–Crippen MR) is 69.0 cm³/mol. The number of halogens is 1. The molecule has 0 aliphatic rings. The molecule has 1 aromatic carbocycles. The van der Waals surface area contributed by atoms with Gasteiger partial charge in [0.05, 0.1) is 12.4 Å². The first-order chi connectivity index (χ1) is 8.28. The summed E-state index contributed by atoms with van der Waals surface area (Å²) >= 11 is 3.38. The number of nitrogens with two attached hydrogens (primary N) is 1. The van der Waals surface area contributed by atoms with Crippen LogP contribution in [-0.2, 0) is 6.42 Å². The third-order valence-electron chi connectivity index (χ3n) is 2.08. The lowest BCUT2D eigenvalue weighted by Gasteiger charge is -2.05. The second-order valence-corrected chi connectivity index (χ2v) is 4.35. The van der Waals surface area contributed by atoms with Gasteiger partial charge in [0.2, 0.25) is 0 Å². The molecule has 0 atom stereocenters. The van der Waals surface area contributed by atoms with Crippen LogP contribution in [0.5, 0.6) is 11.5 Å². The quantitative estimate of drug-likeness (QED) is 0.941. The summed E-state index contributed by atoms with van der Waals surface area (Å²) in [4.78, 5) is 8.32. The van der Waals surface area contributed by atoms with Crippen molar-refractivity contribution in [3.8, 4) is 11.5 Å². The van der Waals surface area contributed by atoms with E-state index in [2.05, 4.69) is 25.9 Å². The minimum atomic E-state index is 0.547. The van der Waals surface area contributed by atoms with E-state index in [1.54, 1.807) is 12.4 Å². The first-order valence-electron chi connectivity index (χ1n) is 5.22. The Morgan fingerprint density at radius 1 is 1.18 bits per heavy atom. The molecule has 0 aliphatic carbocycles. The van der Waals surface area contributed by atoms with E-state index in [-0.39, 0.29) is 0 Å². The molecular weight excluding hydrogens is 282 g/mol. The van der Waals surface area contributed by atoms with Crippen LogP contribution in [0.25, 0.3) is 0 Å². The van der Waals surface area contributed by atoms with Crippen molar-refractivity contribution in [3.05, 3.63) is 47.0 Å². The van der Waals surface area contributed by atoms with Gasteiger partial charge in [0.1, 0.15) is 11.6 Å². The van der Waals surface area contributed by atoms with E-state index in [9.17, 15) is 0 Å². The van der Waals surface area contributed by atoms with Gasteiger partial charge in [-0.25, -0.2) is 9.97 Å². The third-order valence-corrected chi connectivity index (χ3v) is 2.57. The van der Waals surface area contributed by atoms with E-state index in [1.807, 2.05) is 24.3 Å². The molecule has 0 saturated heterocycles. The van der Waals surface area contributed by atoms with Crippen LogP contribution >= 0.6 is 15.9 Å². The van der Waals surface area contributed by atoms with Crippen LogP contribution in [0, 0.1) is 0 Å². The lowest BCUT2D eigenvalue weighted by molar-refractivity contribution is 0.476. The van der Waals surface area contributed by atoms with Crippen molar-refractivity contribution < 1.29 is 4.74 Å². The zero-order valence-corrected chi connectivity index (χ0v) is 10.7. The summed E-state index contributed by atoms with van der Waals surface area (Å²) in [5, 5.41) is 0. The molecular formula is C12H12BrN3O. The molecule has 17 heavy (non-hydrogen) atoms. The first-order valence-corrected chi connectivity index (χ1v) is 6.01. The largest absolute Gasteiger partial charge is 0.454 e. The highest BCUT2D eigenvalue weighted by Gasteiger charge is 2.00. The number of hydrogen-bond acceptors (Lipinski definition) is 4. The average Bonchev–Trinajstić information content (AvgIpc) is 2.32. The molecule has 0 spiro atoms. The van der Waals surface area contributed by atoms with Crippen LogP contribution < -0.4 is 10.5 Å². The maximum atomic E-state index is 5.61. The van der Waals surface area contributed by atoms with Gasteiger partial charge in [0, 0.05) is 10.9 Å². The van der Waals surface area contributed by atoms with Crippen LogP contribution in [0.1, 0.15) is 5.82 Å². The summed E-state index contributed by atoms with van der Waals surface area (Å²) in [6.45, 7) is 0.547. The number of nitrogens with zero attached hydrogens (tertiary/aromatic N) is 2. The summed E-state index contributed by atoms with van der Waals surface area (Å²) in [7, 11) is 0. The van der Waals surface area contributed by atoms with E-state index in [1.165, 1.54) is 0 Å². The standard InChI is InChI=1S/C12H12BrN3O/c13-9-2-1-3-10(6-9)17-11-7-15-12(4-5-14)16-8-11/h1-3,6-8H,4-5,14H2. The lowest BCUT2D eigenvalue weighted by atomic mass is 10.3. The van der Waals surface area contributed by atoms with Crippen molar-refractivity contribution in [1.82, 2.24) is 9.97 Å². The summed E-state index contributed by atoms with van der Waals surface area (Å²) in [6, 6.07) is 7.60. The van der Waals surface area contributed by atoms with Gasteiger partial charge in [-0.05, 0) is 24.7 Å². The molecule has 0 bridgehead atoms. The molecule has 0 saturated carbocycles. The normalized spacial score (nSPS) is 10.2. The second-order valence-electron chi connectivity index (χ2n) is 3.43. The van der Waals surface area contributed by atoms with Gasteiger partial charge in [-0.3, -0.25) is 0 Å². The van der Waals surface area contributed by atoms with E-state index >= 15 is 0 Å². The highest BCUT2D eigenvalue weighted by molar-refractivity contribution is 9.10. The fraction of sp³-hybridized carbons (Fsp3) is 0.167. The SMILES string of the molecule is NCCc1ncc(Oc2cccc(Br)c2)cn1. The second kappa shape index (κ2) is 5.75. The van der Waals surface area contributed by atoms with Crippen molar-refractivity contribution in [1.29, 1.82) is 0 Å². The Bertz CT molecular complexity index is 487. The minimum absolute atomic E-state index is 0.547. The Morgan fingerprint density at radius 3 is 2.59 bits per heavy atom. The first kappa shape index (κ1) is 12.0. The topological polar surface area (TPSA) is 61.0 Å². The molecule has 5 heteroatoms. The van der Waals surface area contributed by atoms with Gasteiger partial charge in [-0.1, -0.05) is 22.0 Å². The van der Waals surface area contributed by atoms with Crippen molar-refractivity contribution in [2.24, 2.45) is 5.73 Å². The molecule has 4 nitrogen and oxygen atoms in total. The van der Waals surface area contributed by atoms with E-state index < -0.39 is 0 Å². The number of benzene rings is 1. The molecule has 0 fully saturated rings. The number of rotatable bonds is 4. The Kier molecular flexibility index (Phi) is 4.06. The minimum Gasteiger partial charge on any atom is -0.454 e. The van der Waals surface area contributed by atoms with Crippen LogP contribution in [0.15, 0.2) is 41.1 Å². The number of aromatic nitrogens is 2. The Morgan fingerprint density at radius 2 is 1.94 bits per heavy atom. The highest BCUT2D eigenvalue weighted by Crippen LogP contribution is 2.23. The van der Waals surface area contributed by atoms with Gasteiger partial charge < -0.3 is 10.5 Å². The molecule has 88 valence electrons. The lowest BCUT2D eigenvalue weighted by Crippen LogP contribution is -2.06. The molecule has 0 aliphatic heterocycles. The zero-order chi connectivity index (χ0) is 12.1.